The van der Waals surface area contributed by atoms with Crippen LogP contribution in [0.1, 0.15) is 25.7 Å². The van der Waals surface area contributed by atoms with E-state index >= 15 is 0 Å². The van der Waals surface area contributed by atoms with E-state index in [0.717, 1.165) is 17.7 Å². The third-order valence-corrected chi connectivity index (χ3v) is 4.20. The molecule has 0 spiro atoms. The number of hydrogen-bond donors (Lipinski definition) is 3. The summed E-state index contributed by atoms with van der Waals surface area (Å²) >= 11 is 1.51. The van der Waals surface area contributed by atoms with E-state index in [0.29, 0.717) is 19.4 Å². The lowest BCUT2D eigenvalue weighted by Crippen LogP contribution is -2.48. The number of hydrazine groups is 1. The van der Waals surface area contributed by atoms with Gasteiger partial charge in [0.25, 0.3) is 0 Å². The van der Waals surface area contributed by atoms with Gasteiger partial charge in [-0.1, -0.05) is 0 Å². The van der Waals surface area contributed by atoms with Gasteiger partial charge in [-0.25, -0.2) is 4.79 Å². The molecule has 1 amide bonds. The second-order valence-electron chi connectivity index (χ2n) is 4.03. The van der Waals surface area contributed by atoms with Crippen LogP contribution < -0.4 is 11.3 Å². The molecule has 94 valence electrons. The molecule has 17 heavy (non-hydrogen) atoms. The van der Waals surface area contributed by atoms with E-state index in [1.165, 1.54) is 16.7 Å². The van der Waals surface area contributed by atoms with Crippen molar-refractivity contribution in [3.63, 3.8) is 0 Å². The molecule has 0 saturated carbocycles. The van der Waals surface area contributed by atoms with E-state index < -0.39 is 5.97 Å². The topological polar surface area (TPSA) is 95.7 Å². The maximum absolute atomic E-state index is 11.3. The number of allylic oxidation sites excluding steroid dienone is 1. The molecular weight excluding hydrogens is 242 g/mol. The molecule has 0 aromatic carbocycles. The van der Waals surface area contributed by atoms with Crippen molar-refractivity contribution in [3.8, 4) is 0 Å². The van der Waals surface area contributed by atoms with Crippen molar-refractivity contribution in [2.75, 3.05) is 6.54 Å². The molecular formula is C10H15N3O3S. The lowest BCUT2D eigenvalue weighted by atomic mass is 10.1. The first-order valence-electron chi connectivity index (χ1n) is 5.53. The number of nitrogens with one attached hydrogen (secondary N) is 1. The Labute approximate surface area is 103 Å². The normalized spacial score (nSPS) is 22.8. The second-order valence-corrected chi connectivity index (χ2v) is 5.30. The van der Waals surface area contributed by atoms with E-state index in [2.05, 4.69) is 5.43 Å². The van der Waals surface area contributed by atoms with Crippen LogP contribution in [0.5, 0.6) is 0 Å². The minimum absolute atomic E-state index is 0.0243. The summed E-state index contributed by atoms with van der Waals surface area (Å²) in [7, 11) is 0. The van der Waals surface area contributed by atoms with Crippen molar-refractivity contribution in [2.24, 2.45) is 5.84 Å². The molecule has 0 bridgehead atoms. The Bertz CT molecular complexity index is 383. The monoisotopic (exact) mass is 257 g/mol. The van der Waals surface area contributed by atoms with Crippen molar-refractivity contribution < 1.29 is 14.7 Å². The van der Waals surface area contributed by atoms with Crippen molar-refractivity contribution in [1.82, 2.24) is 10.3 Å². The molecule has 2 aliphatic rings. The van der Waals surface area contributed by atoms with Gasteiger partial charge in [-0.15, -0.1) is 11.8 Å². The fraction of sp³-hybridized carbons (Fsp3) is 0.600. The van der Waals surface area contributed by atoms with Gasteiger partial charge in [-0.3, -0.25) is 21.0 Å². The van der Waals surface area contributed by atoms with Crippen LogP contribution in [0.3, 0.4) is 0 Å². The number of carbonyl (C=O) groups excluding carboxylic acids is 1. The van der Waals surface area contributed by atoms with Gasteiger partial charge < -0.3 is 5.11 Å². The molecule has 0 radical (unpaired) electrons. The van der Waals surface area contributed by atoms with E-state index in [-0.39, 0.29) is 17.0 Å². The molecule has 2 heterocycles. The molecule has 0 aromatic rings. The SMILES string of the molecule is NNCCCCC1=C(C(=O)O)N2C(=O)C[C@@H]2S1. The highest BCUT2D eigenvalue weighted by molar-refractivity contribution is 8.04. The number of β-lactam (4-membered cyclic amide) rings is 1. The van der Waals surface area contributed by atoms with Gasteiger partial charge in [0, 0.05) is 11.4 Å². The summed E-state index contributed by atoms with van der Waals surface area (Å²) in [5, 5.41) is 9.15. The predicted molar refractivity (Wildman–Crippen MR) is 63.5 cm³/mol. The fourth-order valence-electron chi connectivity index (χ4n) is 2.02. The van der Waals surface area contributed by atoms with Gasteiger partial charge in [0.05, 0.1) is 11.8 Å². The second kappa shape index (κ2) is 5.07. The van der Waals surface area contributed by atoms with Crippen LogP contribution in [0.2, 0.25) is 0 Å². The molecule has 2 rings (SSSR count). The molecule has 6 nitrogen and oxygen atoms in total. The number of nitrogens with zero attached hydrogens (tertiary/aromatic N) is 1. The summed E-state index contributed by atoms with van der Waals surface area (Å²) in [6, 6.07) is 0. The average molecular weight is 257 g/mol. The number of unbranched alkanes of at least 4 members (excludes halogenated alkanes) is 1. The van der Waals surface area contributed by atoms with Crippen molar-refractivity contribution >= 4 is 23.6 Å². The molecule has 0 aromatic heterocycles. The van der Waals surface area contributed by atoms with E-state index in [4.69, 9.17) is 10.9 Å². The van der Waals surface area contributed by atoms with Crippen LogP contribution in [0, 0.1) is 0 Å². The molecule has 4 N–H and O–H groups in total. The summed E-state index contributed by atoms with van der Waals surface area (Å²) in [6.45, 7) is 0.715. The van der Waals surface area contributed by atoms with Crippen molar-refractivity contribution in [2.45, 2.75) is 31.1 Å². The quantitative estimate of drug-likeness (QED) is 0.273. The Hall–Kier alpha value is -1.05. The highest BCUT2D eigenvalue weighted by Crippen LogP contribution is 2.47. The zero-order chi connectivity index (χ0) is 12.4. The Morgan fingerprint density at radius 2 is 2.35 bits per heavy atom. The highest BCUT2D eigenvalue weighted by atomic mass is 32.2. The largest absolute Gasteiger partial charge is 0.477 e. The Morgan fingerprint density at radius 3 is 2.94 bits per heavy atom. The van der Waals surface area contributed by atoms with Crippen molar-refractivity contribution in [3.05, 3.63) is 10.6 Å². The maximum atomic E-state index is 11.3. The number of rotatable bonds is 6. The van der Waals surface area contributed by atoms with Crippen LogP contribution in [0.15, 0.2) is 10.6 Å². The lowest BCUT2D eigenvalue weighted by molar-refractivity contribution is -0.145. The minimum Gasteiger partial charge on any atom is -0.477 e. The van der Waals surface area contributed by atoms with Crippen molar-refractivity contribution in [1.29, 1.82) is 0 Å². The van der Waals surface area contributed by atoms with E-state index in [9.17, 15) is 9.59 Å². The molecule has 2 aliphatic heterocycles. The van der Waals surface area contributed by atoms with Crippen LogP contribution >= 0.6 is 11.8 Å². The summed E-state index contributed by atoms with van der Waals surface area (Å²) in [4.78, 5) is 24.7. The number of aliphatic carboxylic acids is 1. The molecule has 1 fully saturated rings. The van der Waals surface area contributed by atoms with E-state index in [1.807, 2.05) is 0 Å². The number of carboxylic acid groups (broad SMARTS) is 1. The van der Waals surface area contributed by atoms with E-state index in [1.54, 1.807) is 0 Å². The first-order valence-corrected chi connectivity index (χ1v) is 6.41. The van der Waals surface area contributed by atoms with Gasteiger partial charge in [0.1, 0.15) is 5.70 Å². The molecule has 0 aliphatic carbocycles. The summed E-state index contributed by atoms with van der Waals surface area (Å²) in [6.07, 6.45) is 2.92. The highest BCUT2D eigenvalue weighted by Gasteiger charge is 2.47. The first-order chi connectivity index (χ1) is 8.15. The lowest BCUT2D eigenvalue weighted by Gasteiger charge is -2.33. The van der Waals surface area contributed by atoms with Gasteiger partial charge in [-0.2, -0.15) is 0 Å². The third-order valence-electron chi connectivity index (χ3n) is 2.87. The smallest absolute Gasteiger partial charge is 0.353 e. The predicted octanol–water partition coefficient (Wildman–Crippen LogP) is 0.221. The third kappa shape index (κ3) is 2.31. The number of carbonyl (C=O) groups is 2. The molecule has 1 saturated heterocycles. The first kappa shape index (κ1) is 12.4. The number of nitrogens with two attached hydrogens (primary N) is 1. The van der Waals surface area contributed by atoms with Gasteiger partial charge >= 0.3 is 5.97 Å². The van der Waals surface area contributed by atoms with Crippen LogP contribution in [0.25, 0.3) is 0 Å². The summed E-state index contributed by atoms with van der Waals surface area (Å²) in [5.41, 5.74) is 2.75. The van der Waals surface area contributed by atoms with Gasteiger partial charge in [0.15, 0.2) is 0 Å². The summed E-state index contributed by atoms with van der Waals surface area (Å²) < 4.78 is 0. The maximum Gasteiger partial charge on any atom is 0.353 e. The van der Waals surface area contributed by atoms with Gasteiger partial charge in [-0.05, 0) is 19.3 Å². The number of fused-ring (bicyclic) bond motifs is 1. The average Bonchev–Trinajstić information content (AvgIpc) is 2.57. The zero-order valence-corrected chi connectivity index (χ0v) is 10.1. The van der Waals surface area contributed by atoms with Crippen LogP contribution in [0.4, 0.5) is 0 Å². The number of carboxylic acids is 1. The minimum atomic E-state index is -1.00. The fourth-order valence-corrected chi connectivity index (χ4v) is 3.46. The zero-order valence-electron chi connectivity index (χ0n) is 9.31. The van der Waals surface area contributed by atoms with Crippen LogP contribution in [-0.4, -0.2) is 33.8 Å². The standard InChI is InChI=1S/C10H15N3O3S/c11-12-4-2-1-3-6-9(10(15)16)13-7(14)5-8(13)17-6/h8,12H,1-5,11H2,(H,15,16)/t8-/m0/s1. The Balaban J connectivity index is 1.99. The molecule has 7 heteroatoms. The van der Waals surface area contributed by atoms with Gasteiger partial charge in [0.2, 0.25) is 5.91 Å². The van der Waals surface area contributed by atoms with Crippen LogP contribution in [-0.2, 0) is 9.59 Å². The number of amides is 1. The Kier molecular flexibility index (Phi) is 3.70. The number of hydrogen-bond acceptors (Lipinski definition) is 5. The Morgan fingerprint density at radius 1 is 1.59 bits per heavy atom. The molecule has 1 atom stereocenters. The summed E-state index contributed by atoms with van der Waals surface area (Å²) in [5.74, 6) is 4.07. The molecule has 0 unspecified atom stereocenters. The number of thioether (sulfide) groups is 1.